The molecular formula is C26H24N2O3. The first-order valence-electron chi connectivity index (χ1n) is 10.1. The SMILES string of the molecule is COc1ccccc1C1=C(Nc2cc(C)ccc2C)C(=O)N(Cc2ccccc2)C1=O. The number of imide groups is 1. The number of amides is 2. The van der Waals surface area contributed by atoms with Gasteiger partial charge in [0.25, 0.3) is 11.8 Å². The fraction of sp³-hybridized carbons (Fsp3) is 0.154. The van der Waals surface area contributed by atoms with Crippen molar-refractivity contribution in [3.63, 3.8) is 0 Å². The zero-order chi connectivity index (χ0) is 22.0. The Hall–Kier alpha value is -3.86. The molecule has 0 bridgehead atoms. The normalized spacial score (nSPS) is 13.7. The summed E-state index contributed by atoms with van der Waals surface area (Å²) in [4.78, 5) is 28.2. The minimum Gasteiger partial charge on any atom is -0.496 e. The van der Waals surface area contributed by atoms with Crippen LogP contribution in [0.4, 0.5) is 5.69 Å². The second-order valence-electron chi connectivity index (χ2n) is 7.58. The lowest BCUT2D eigenvalue weighted by molar-refractivity contribution is -0.137. The van der Waals surface area contributed by atoms with Gasteiger partial charge in [-0.15, -0.1) is 0 Å². The topological polar surface area (TPSA) is 58.6 Å². The molecule has 31 heavy (non-hydrogen) atoms. The summed E-state index contributed by atoms with van der Waals surface area (Å²) in [6, 6.07) is 22.7. The highest BCUT2D eigenvalue weighted by Gasteiger charge is 2.40. The Balaban J connectivity index is 1.82. The first kappa shape index (κ1) is 20.4. The molecule has 0 aliphatic carbocycles. The molecule has 0 fully saturated rings. The van der Waals surface area contributed by atoms with Crippen LogP contribution < -0.4 is 10.1 Å². The van der Waals surface area contributed by atoms with Crippen LogP contribution in [0.25, 0.3) is 5.57 Å². The van der Waals surface area contributed by atoms with Crippen molar-refractivity contribution >= 4 is 23.1 Å². The molecular weight excluding hydrogens is 388 g/mol. The van der Waals surface area contributed by atoms with Crippen molar-refractivity contribution in [1.29, 1.82) is 0 Å². The van der Waals surface area contributed by atoms with Crippen LogP contribution in [0.3, 0.4) is 0 Å². The van der Waals surface area contributed by atoms with E-state index in [1.165, 1.54) is 4.90 Å². The lowest BCUT2D eigenvalue weighted by Crippen LogP contribution is -2.32. The van der Waals surface area contributed by atoms with Gasteiger partial charge in [-0.1, -0.05) is 60.7 Å². The van der Waals surface area contributed by atoms with Crippen LogP contribution in [0.5, 0.6) is 5.75 Å². The highest BCUT2D eigenvalue weighted by Crippen LogP contribution is 2.36. The molecule has 3 aromatic carbocycles. The first-order valence-corrected chi connectivity index (χ1v) is 10.1. The van der Waals surface area contributed by atoms with E-state index in [0.29, 0.717) is 16.9 Å². The second kappa shape index (κ2) is 8.48. The van der Waals surface area contributed by atoms with Gasteiger partial charge in [-0.2, -0.15) is 0 Å². The zero-order valence-electron chi connectivity index (χ0n) is 17.8. The summed E-state index contributed by atoms with van der Waals surface area (Å²) in [6.45, 7) is 4.16. The van der Waals surface area contributed by atoms with Gasteiger partial charge < -0.3 is 10.1 Å². The fourth-order valence-corrected chi connectivity index (χ4v) is 3.71. The van der Waals surface area contributed by atoms with Crippen molar-refractivity contribution in [2.24, 2.45) is 0 Å². The van der Waals surface area contributed by atoms with Crippen LogP contribution in [0.1, 0.15) is 22.3 Å². The molecule has 156 valence electrons. The Morgan fingerprint density at radius 2 is 1.58 bits per heavy atom. The van der Waals surface area contributed by atoms with Gasteiger partial charge in [-0.05, 0) is 42.7 Å². The number of aryl methyl sites for hydroxylation is 2. The highest BCUT2D eigenvalue weighted by atomic mass is 16.5. The average molecular weight is 412 g/mol. The van der Waals surface area contributed by atoms with E-state index in [2.05, 4.69) is 5.32 Å². The molecule has 0 spiro atoms. The number of methoxy groups -OCH3 is 1. The van der Waals surface area contributed by atoms with Crippen LogP contribution in [-0.2, 0) is 16.1 Å². The van der Waals surface area contributed by atoms with Gasteiger partial charge in [0.15, 0.2) is 0 Å². The number of para-hydroxylation sites is 1. The summed E-state index contributed by atoms with van der Waals surface area (Å²) in [5.74, 6) is -0.151. The van der Waals surface area contributed by atoms with E-state index in [0.717, 1.165) is 22.4 Å². The fourth-order valence-electron chi connectivity index (χ4n) is 3.71. The third-order valence-electron chi connectivity index (χ3n) is 5.38. The third kappa shape index (κ3) is 3.94. The van der Waals surface area contributed by atoms with Crippen molar-refractivity contribution in [3.05, 3.63) is 101 Å². The molecule has 0 saturated heterocycles. The van der Waals surface area contributed by atoms with Gasteiger partial charge in [-0.25, -0.2) is 0 Å². The Labute approximate surface area is 182 Å². The summed E-state index contributed by atoms with van der Waals surface area (Å²) in [7, 11) is 1.56. The molecule has 4 rings (SSSR count). The number of ether oxygens (including phenoxy) is 1. The van der Waals surface area contributed by atoms with E-state index < -0.39 is 0 Å². The zero-order valence-corrected chi connectivity index (χ0v) is 17.8. The van der Waals surface area contributed by atoms with Crippen molar-refractivity contribution < 1.29 is 14.3 Å². The number of nitrogens with one attached hydrogen (secondary N) is 1. The number of anilines is 1. The smallest absolute Gasteiger partial charge is 0.278 e. The van der Waals surface area contributed by atoms with Crippen LogP contribution in [0.15, 0.2) is 78.5 Å². The highest BCUT2D eigenvalue weighted by molar-refractivity contribution is 6.37. The lowest BCUT2D eigenvalue weighted by Gasteiger charge is -2.16. The maximum atomic E-state index is 13.5. The molecule has 2 amide bonds. The van der Waals surface area contributed by atoms with Crippen molar-refractivity contribution in [3.8, 4) is 5.75 Å². The van der Waals surface area contributed by atoms with E-state index in [4.69, 9.17) is 4.74 Å². The van der Waals surface area contributed by atoms with Gasteiger partial charge in [0.2, 0.25) is 0 Å². The van der Waals surface area contributed by atoms with Crippen LogP contribution in [0.2, 0.25) is 0 Å². The number of nitrogens with zero attached hydrogens (tertiary/aromatic N) is 1. The van der Waals surface area contributed by atoms with Gasteiger partial charge in [0, 0.05) is 11.3 Å². The van der Waals surface area contributed by atoms with E-state index in [1.54, 1.807) is 19.2 Å². The van der Waals surface area contributed by atoms with E-state index in [9.17, 15) is 9.59 Å². The van der Waals surface area contributed by atoms with Gasteiger partial charge in [0.05, 0.1) is 19.2 Å². The molecule has 0 radical (unpaired) electrons. The van der Waals surface area contributed by atoms with Crippen LogP contribution >= 0.6 is 0 Å². The molecule has 1 aliphatic rings. The molecule has 3 aromatic rings. The summed E-state index contributed by atoms with van der Waals surface area (Å²) in [5.41, 5.74) is 4.90. The molecule has 1 aliphatic heterocycles. The second-order valence-corrected chi connectivity index (χ2v) is 7.58. The molecule has 0 unspecified atom stereocenters. The monoisotopic (exact) mass is 412 g/mol. The summed E-state index contributed by atoms with van der Waals surface area (Å²) in [5, 5.41) is 3.26. The largest absolute Gasteiger partial charge is 0.496 e. The molecule has 1 N–H and O–H groups in total. The summed E-state index contributed by atoms with van der Waals surface area (Å²) >= 11 is 0. The maximum Gasteiger partial charge on any atom is 0.278 e. The molecule has 0 saturated carbocycles. The minimum atomic E-state index is -0.351. The molecule has 0 atom stereocenters. The Kier molecular flexibility index (Phi) is 5.58. The standard InChI is InChI=1S/C26H24N2O3/c1-17-13-14-18(2)21(15-17)27-24-23(20-11-7-8-12-22(20)31-3)25(29)28(26(24)30)16-19-9-5-4-6-10-19/h4-15,27H,16H2,1-3H3. The van der Waals surface area contributed by atoms with E-state index >= 15 is 0 Å². The number of carbonyl (C=O) groups excluding carboxylic acids is 2. The average Bonchev–Trinajstić information content (AvgIpc) is 3.01. The number of hydrogen-bond donors (Lipinski definition) is 1. The van der Waals surface area contributed by atoms with Crippen LogP contribution in [0, 0.1) is 13.8 Å². The molecule has 0 aromatic heterocycles. The summed E-state index contributed by atoms with van der Waals surface area (Å²) < 4.78 is 5.49. The van der Waals surface area contributed by atoms with Crippen molar-refractivity contribution in [2.45, 2.75) is 20.4 Å². The first-order chi connectivity index (χ1) is 15.0. The third-order valence-corrected chi connectivity index (χ3v) is 5.38. The van der Waals surface area contributed by atoms with Crippen LogP contribution in [-0.4, -0.2) is 23.8 Å². The van der Waals surface area contributed by atoms with E-state index in [1.807, 2.05) is 74.5 Å². The minimum absolute atomic E-state index is 0.204. The maximum absolute atomic E-state index is 13.5. The lowest BCUT2D eigenvalue weighted by atomic mass is 10.0. The molecule has 1 heterocycles. The number of hydrogen-bond acceptors (Lipinski definition) is 4. The van der Waals surface area contributed by atoms with Crippen molar-refractivity contribution in [1.82, 2.24) is 4.90 Å². The Bertz CT molecular complexity index is 1180. The van der Waals surface area contributed by atoms with Gasteiger partial charge in [0.1, 0.15) is 11.4 Å². The number of carbonyl (C=O) groups is 2. The van der Waals surface area contributed by atoms with Crippen molar-refractivity contribution in [2.75, 3.05) is 12.4 Å². The van der Waals surface area contributed by atoms with E-state index in [-0.39, 0.29) is 24.1 Å². The van der Waals surface area contributed by atoms with Gasteiger partial charge in [-0.3, -0.25) is 14.5 Å². The number of rotatable bonds is 6. The predicted octanol–water partition coefficient (Wildman–Crippen LogP) is 4.70. The predicted molar refractivity (Wildman–Crippen MR) is 121 cm³/mol. The summed E-state index contributed by atoms with van der Waals surface area (Å²) in [6.07, 6.45) is 0. The molecule has 5 heteroatoms. The molecule has 5 nitrogen and oxygen atoms in total. The Morgan fingerprint density at radius 1 is 0.871 bits per heavy atom. The van der Waals surface area contributed by atoms with Gasteiger partial charge >= 0.3 is 0 Å². The Morgan fingerprint density at radius 3 is 2.32 bits per heavy atom. The quantitative estimate of drug-likeness (QED) is 0.596. The number of benzene rings is 3.